The van der Waals surface area contributed by atoms with Gasteiger partial charge >= 0.3 is 5.97 Å². The summed E-state index contributed by atoms with van der Waals surface area (Å²) in [5, 5.41) is 8.89. The van der Waals surface area contributed by atoms with Crippen LogP contribution in [0.1, 0.15) is 39.5 Å². The number of hydrogen-bond acceptors (Lipinski definition) is 2. The summed E-state index contributed by atoms with van der Waals surface area (Å²) >= 11 is 0. The average Bonchev–Trinajstić information content (AvgIpc) is 2.37. The van der Waals surface area contributed by atoms with Gasteiger partial charge in [-0.3, -0.25) is 9.59 Å². The third kappa shape index (κ3) is 0.928. The molecule has 2 aliphatic rings. The molecule has 2 bridgehead atoms. The lowest BCUT2D eigenvalue weighted by Crippen LogP contribution is -2.36. The van der Waals surface area contributed by atoms with Gasteiger partial charge in [0.2, 0.25) is 0 Å². The molecule has 14 heavy (non-hydrogen) atoms. The Balaban J connectivity index is 2.36. The molecule has 0 radical (unpaired) electrons. The maximum atomic E-state index is 11.8. The fourth-order valence-corrected chi connectivity index (χ4v) is 3.41. The molecule has 78 valence electrons. The SMILES string of the molecule is C[C@@]12CC[C@H](CC1=O)[C@@]2(C)CC(=O)O. The number of ketones is 1. The van der Waals surface area contributed by atoms with E-state index in [2.05, 4.69) is 0 Å². The van der Waals surface area contributed by atoms with E-state index >= 15 is 0 Å². The van der Waals surface area contributed by atoms with Gasteiger partial charge in [0.1, 0.15) is 5.78 Å². The molecule has 2 rings (SSSR count). The van der Waals surface area contributed by atoms with Crippen molar-refractivity contribution in [2.24, 2.45) is 16.7 Å². The van der Waals surface area contributed by atoms with Gasteiger partial charge in [-0.2, -0.15) is 0 Å². The molecule has 2 saturated carbocycles. The van der Waals surface area contributed by atoms with E-state index < -0.39 is 5.97 Å². The molecule has 1 N–H and O–H groups in total. The Hall–Kier alpha value is -0.860. The number of carboxylic acid groups (broad SMARTS) is 1. The van der Waals surface area contributed by atoms with Crippen LogP contribution < -0.4 is 0 Å². The molecule has 3 nitrogen and oxygen atoms in total. The third-order valence-corrected chi connectivity index (χ3v) is 4.72. The first-order valence-corrected chi connectivity index (χ1v) is 5.15. The van der Waals surface area contributed by atoms with Crippen molar-refractivity contribution in [1.29, 1.82) is 0 Å². The molecule has 2 fully saturated rings. The van der Waals surface area contributed by atoms with Crippen molar-refractivity contribution < 1.29 is 14.7 Å². The van der Waals surface area contributed by atoms with Crippen molar-refractivity contribution in [3.8, 4) is 0 Å². The minimum Gasteiger partial charge on any atom is -0.481 e. The van der Waals surface area contributed by atoms with Gasteiger partial charge in [-0.1, -0.05) is 13.8 Å². The Bertz CT molecular complexity index is 310. The molecular weight excluding hydrogens is 180 g/mol. The molecule has 0 amide bonds. The second-order valence-corrected chi connectivity index (χ2v) is 5.18. The zero-order chi connectivity index (χ0) is 10.6. The first-order valence-electron chi connectivity index (χ1n) is 5.15. The monoisotopic (exact) mass is 196 g/mol. The van der Waals surface area contributed by atoms with E-state index in [9.17, 15) is 9.59 Å². The first-order chi connectivity index (χ1) is 6.40. The normalized spacial score (nSPS) is 45.9. The quantitative estimate of drug-likeness (QED) is 0.733. The van der Waals surface area contributed by atoms with Crippen LogP contribution in [0.5, 0.6) is 0 Å². The number of fused-ring (bicyclic) bond motifs is 2. The summed E-state index contributed by atoms with van der Waals surface area (Å²) in [6.45, 7) is 3.93. The molecule has 0 heterocycles. The second kappa shape index (κ2) is 2.59. The highest BCUT2D eigenvalue weighted by Crippen LogP contribution is 2.65. The summed E-state index contributed by atoms with van der Waals surface area (Å²) in [7, 11) is 0. The first kappa shape index (κ1) is 9.69. The van der Waals surface area contributed by atoms with E-state index in [4.69, 9.17) is 5.11 Å². The van der Waals surface area contributed by atoms with Gasteiger partial charge in [-0.25, -0.2) is 0 Å². The van der Waals surface area contributed by atoms with Gasteiger partial charge in [0, 0.05) is 11.8 Å². The number of hydrogen-bond donors (Lipinski definition) is 1. The molecular formula is C11H16O3. The summed E-state index contributed by atoms with van der Waals surface area (Å²) < 4.78 is 0. The molecule has 3 atom stereocenters. The molecule has 0 unspecified atom stereocenters. The smallest absolute Gasteiger partial charge is 0.303 e. The summed E-state index contributed by atoms with van der Waals surface area (Å²) in [6, 6.07) is 0. The minimum atomic E-state index is -0.777. The summed E-state index contributed by atoms with van der Waals surface area (Å²) in [4.78, 5) is 22.6. The minimum absolute atomic E-state index is 0.139. The van der Waals surface area contributed by atoms with Crippen LogP contribution in [0, 0.1) is 16.7 Å². The molecule has 0 aliphatic heterocycles. The zero-order valence-corrected chi connectivity index (χ0v) is 8.67. The molecule has 0 aromatic heterocycles. The lowest BCUT2D eigenvalue weighted by atomic mass is 9.67. The highest BCUT2D eigenvalue weighted by Gasteiger charge is 2.64. The fraction of sp³-hybridized carbons (Fsp3) is 0.818. The van der Waals surface area contributed by atoms with Gasteiger partial charge in [0.25, 0.3) is 0 Å². The molecule has 3 heteroatoms. The van der Waals surface area contributed by atoms with E-state index in [1.54, 1.807) is 0 Å². The second-order valence-electron chi connectivity index (χ2n) is 5.18. The van der Waals surface area contributed by atoms with Crippen molar-refractivity contribution in [2.45, 2.75) is 39.5 Å². The van der Waals surface area contributed by atoms with Crippen molar-refractivity contribution in [1.82, 2.24) is 0 Å². The van der Waals surface area contributed by atoms with Crippen LogP contribution in [0.4, 0.5) is 0 Å². The Morgan fingerprint density at radius 2 is 2.21 bits per heavy atom. The van der Waals surface area contributed by atoms with Crippen molar-refractivity contribution in [2.75, 3.05) is 0 Å². The van der Waals surface area contributed by atoms with Crippen LogP contribution >= 0.6 is 0 Å². The Morgan fingerprint density at radius 3 is 2.57 bits per heavy atom. The van der Waals surface area contributed by atoms with Crippen LogP contribution in [-0.4, -0.2) is 16.9 Å². The standard InChI is InChI=1S/C11H16O3/c1-10-4-3-7(5-8(10)12)11(10,2)6-9(13)14/h7H,3-6H2,1-2H3,(H,13,14)/t7-,10-,11-/m1/s1. The van der Waals surface area contributed by atoms with Crippen molar-refractivity contribution in [3.63, 3.8) is 0 Å². The largest absolute Gasteiger partial charge is 0.481 e. The van der Waals surface area contributed by atoms with E-state index in [-0.39, 0.29) is 23.0 Å². The van der Waals surface area contributed by atoms with Crippen LogP contribution in [0.3, 0.4) is 0 Å². The topological polar surface area (TPSA) is 54.4 Å². The Morgan fingerprint density at radius 1 is 1.57 bits per heavy atom. The summed E-state index contributed by atoms with van der Waals surface area (Å²) in [5.41, 5.74) is -0.661. The van der Waals surface area contributed by atoms with Gasteiger partial charge in [-0.15, -0.1) is 0 Å². The molecule has 0 saturated heterocycles. The van der Waals surface area contributed by atoms with E-state index in [1.165, 1.54) is 0 Å². The average molecular weight is 196 g/mol. The summed E-state index contributed by atoms with van der Waals surface area (Å²) in [5.74, 6) is -0.200. The van der Waals surface area contributed by atoms with Gasteiger partial charge in [0.05, 0.1) is 6.42 Å². The molecule has 0 aromatic rings. The Kier molecular flexibility index (Phi) is 1.79. The zero-order valence-electron chi connectivity index (χ0n) is 8.67. The predicted octanol–water partition coefficient (Wildman–Crippen LogP) is 1.86. The highest BCUT2D eigenvalue weighted by molar-refractivity contribution is 5.90. The fourth-order valence-electron chi connectivity index (χ4n) is 3.41. The maximum Gasteiger partial charge on any atom is 0.303 e. The molecule has 0 spiro atoms. The van der Waals surface area contributed by atoms with E-state index in [0.29, 0.717) is 12.3 Å². The number of aliphatic carboxylic acids is 1. The van der Waals surface area contributed by atoms with Crippen molar-refractivity contribution in [3.05, 3.63) is 0 Å². The third-order valence-electron chi connectivity index (χ3n) is 4.72. The molecule has 2 aliphatic carbocycles. The van der Waals surface area contributed by atoms with Gasteiger partial charge in [-0.05, 0) is 24.2 Å². The van der Waals surface area contributed by atoms with Gasteiger partial charge < -0.3 is 5.11 Å². The summed E-state index contributed by atoms with van der Waals surface area (Å²) in [6.07, 6.45) is 2.63. The van der Waals surface area contributed by atoms with Gasteiger partial charge in [0.15, 0.2) is 0 Å². The number of carbonyl (C=O) groups excluding carboxylic acids is 1. The number of Topliss-reactive ketones (excluding diaryl/α,β-unsaturated/α-hetero) is 1. The van der Waals surface area contributed by atoms with E-state index in [0.717, 1.165) is 12.8 Å². The number of carboxylic acids is 1. The lowest BCUT2D eigenvalue weighted by molar-refractivity contribution is -0.142. The van der Waals surface area contributed by atoms with E-state index in [1.807, 2.05) is 13.8 Å². The Labute approximate surface area is 83.5 Å². The predicted molar refractivity (Wildman–Crippen MR) is 50.8 cm³/mol. The van der Waals surface area contributed by atoms with Crippen LogP contribution in [0.25, 0.3) is 0 Å². The maximum absolute atomic E-state index is 11.8. The van der Waals surface area contributed by atoms with Crippen molar-refractivity contribution >= 4 is 11.8 Å². The van der Waals surface area contributed by atoms with Crippen LogP contribution in [-0.2, 0) is 9.59 Å². The van der Waals surface area contributed by atoms with Crippen LogP contribution in [0.15, 0.2) is 0 Å². The molecule has 0 aromatic carbocycles. The lowest BCUT2D eigenvalue weighted by Gasteiger charge is -2.35. The van der Waals surface area contributed by atoms with Crippen LogP contribution in [0.2, 0.25) is 0 Å². The number of carbonyl (C=O) groups is 2. The number of rotatable bonds is 2. The highest BCUT2D eigenvalue weighted by atomic mass is 16.4.